The molecule has 0 bridgehead atoms. The molecule has 1 unspecified atom stereocenters. The first-order chi connectivity index (χ1) is 11.7. The number of nitrogens with two attached hydrogens (primary N) is 1. The zero-order valence-electron chi connectivity index (χ0n) is 14.3. The first kappa shape index (κ1) is 17.1. The van der Waals surface area contributed by atoms with Crippen LogP contribution >= 0.6 is 0 Å². The van der Waals surface area contributed by atoms with Gasteiger partial charge in [0.1, 0.15) is 0 Å². The lowest BCUT2D eigenvalue weighted by molar-refractivity contribution is 0.0698. The maximum atomic E-state index is 5.79. The molecule has 6 nitrogen and oxygen atoms in total. The van der Waals surface area contributed by atoms with E-state index in [-0.39, 0.29) is 6.54 Å². The van der Waals surface area contributed by atoms with E-state index in [1.165, 1.54) is 11.1 Å². The summed E-state index contributed by atoms with van der Waals surface area (Å²) in [4.78, 5) is 6.67. The number of hydrogen-bond donors (Lipinski definition) is 1. The minimum absolute atomic E-state index is 0.280. The first-order valence-electron chi connectivity index (χ1n) is 8.64. The lowest BCUT2D eigenvalue weighted by Gasteiger charge is -2.24. The summed E-state index contributed by atoms with van der Waals surface area (Å²) < 4.78 is 10.9. The molecule has 0 saturated carbocycles. The van der Waals surface area contributed by atoms with Crippen molar-refractivity contribution in [2.24, 2.45) is 5.73 Å². The van der Waals surface area contributed by atoms with Crippen LogP contribution in [0.5, 0.6) is 0 Å². The average Bonchev–Trinajstić information content (AvgIpc) is 3.26. The van der Waals surface area contributed by atoms with Gasteiger partial charge in [-0.3, -0.25) is 4.90 Å². The van der Waals surface area contributed by atoms with Crippen molar-refractivity contribution < 1.29 is 9.26 Å². The minimum atomic E-state index is 0.280. The van der Waals surface area contributed by atoms with Crippen LogP contribution in [0.25, 0.3) is 0 Å². The highest BCUT2D eigenvalue weighted by atomic mass is 16.5. The van der Waals surface area contributed by atoms with Crippen LogP contribution in [0.4, 0.5) is 0 Å². The largest absolute Gasteiger partial charge is 0.377 e. The average molecular weight is 330 g/mol. The second-order valence-corrected chi connectivity index (χ2v) is 6.41. The fourth-order valence-electron chi connectivity index (χ4n) is 2.99. The normalized spacial score (nSPS) is 17.7. The quantitative estimate of drug-likeness (QED) is 0.798. The summed E-state index contributed by atoms with van der Waals surface area (Å²) in [5.74, 6) is 1.18. The van der Waals surface area contributed by atoms with Gasteiger partial charge in [0.25, 0.3) is 0 Å². The van der Waals surface area contributed by atoms with Crippen molar-refractivity contribution in [2.45, 2.75) is 45.4 Å². The van der Waals surface area contributed by atoms with E-state index in [2.05, 4.69) is 46.2 Å². The van der Waals surface area contributed by atoms with Crippen molar-refractivity contribution in [2.75, 3.05) is 19.7 Å². The van der Waals surface area contributed by atoms with E-state index in [9.17, 15) is 0 Å². The SMILES string of the molecule is Cc1ccc(CCN(Cc2noc(CN)n2)CC2CCCO2)cc1. The second kappa shape index (κ2) is 8.37. The highest BCUT2D eigenvalue weighted by molar-refractivity contribution is 5.21. The predicted octanol–water partition coefficient (Wildman–Crippen LogP) is 2.06. The summed E-state index contributed by atoms with van der Waals surface area (Å²) in [6.45, 7) is 5.76. The van der Waals surface area contributed by atoms with Gasteiger partial charge in [0, 0.05) is 19.7 Å². The van der Waals surface area contributed by atoms with Gasteiger partial charge in [-0.15, -0.1) is 0 Å². The minimum Gasteiger partial charge on any atom is -0.377 e. The van der Waals surface area contributed by atoms with Crippen LogP contribution in [0.15, 0.2) is 28.8 Å². The van der Waals surface area contributed by atoms with E-state index < -0.39 is 0 Å². The van der Waals surface area contributed by atoms with Crippen molar-refractivity contribution in [3.8, 4) is 0 Å². The van der Waals surface area contributed by atoms with E-state index in [1.807, 2.05) is 0 Å². The Bertz CT molecular complexity index is 620. The lowest BCUT2D eigenvalue weighted by atomic mass is 10.1. The van der Waals surface area contributed by atoms with E-state index >= 15 is 0 Å². The van der Waals surface area contributed by atoms with Crippen LogP contribution < -0.4 is 5.73 Å². The van der Waals surface area contributed by atoms with Gasteiger partial charge in [0.2, 0.25) is 5.89 Å². The molecule has 3 rings (SSSR count). The monoisotopic (exact) mass is 330 g/mol. The molecule has 1 atom stereocenters. The van der Waals surface area contributed by atoms with Crippen LogP contribution in [0.3, 0.4) is 0 Å². The predicted molar refractivity (Wildman–Crippen MR) is 91.3 cm³/mol. The molecular formula is C18H26N4O2. The molecule has 1 aromatic carbocycles. The lowest BCUT2D eigenvalue weighted by Crippen LogP contribution is -2.33. The van der Waals surface area contributed by atoms with Crippen LogP contribution in [-0.2, 0) is 24.2 Å². The summed E-state index contributed by atoms with van der Waals surface area (Å²) >= 11 is 0. The molecule has 1 saturated heterocycles. The standard InChI is InChI=1S/C18H26N4O2/c1-14-4-6-15(7-5-14)8-9-22(12-16-3-2-10-23-16)13-17-20-18(11-19)24-21-17/h4-7,16H,2-3,8-13,19H2,1H3. The number of ether oxygens (including phenoxy) is 1. The molecule has 24 heavy (non-hydrogen) atoms. The zero-order valence-corrected chi connectivity index (χ0v) is 14.3. The molecule has 1 fully saturated rings. The van der Waals surface area contributed by atoms with Crippen molar-refractivity contribution in [1.29, 1.82) is 0 Å². The van der Waals surface area contributed by atoms with Crippen molar-refractivity contribution in [1.82, 2.24) is 15.0 Å². The van der Waals surface area contributed by atoms with E-state index in [4.69, 9.17) is 15.0 Å². The number of hydrogen-bond acceptors (Lipinski definition) is 6. The molecule has 0 radical (unpaired) electrons. The van der Waals surface area contributed by atoms with Crippen LogP contribution in [-0.4, -0.2) is 40.8 Å². The Kier molecular flexibility index (Phi) is 5.96. The summed E-state index contributed by atoms with van der Waals surface area (Å²) in [5.41, 5.74) is 8.17. The van der Waals surface area contributed by atoms with Crippen molar-refractivity contribution in [3.05, 3.63) is 47.1 Å². The fourth-order valence-corrected chi connectivity index (χ4v) is 2.99. The third kappa shape index (κ3) is 4.87. The van der Waals surface area contributed by atoms with E-state index in [1.54, 1.807) is 0 Å². The highest BCUT2D eigenvalue weighted by Gasteiger charge is 2.20. The molecule has 2 N–H and O–H groups in total. The molecule has 1 aromatic heterocycles. The van der Waals surface area contributed by atoms with Crippen LogP contribution in [0.2, 0.25) is 0 Å². The molecule has 2 heterocycles. The van der Waals surface area contributed by atoms with Gasteiger partial charge >= 0.3 is 0 Å². The summed E-state index contributed by atoms with van der Waals surface area (Å²) in [6, 6.07) is 8.71. The Balaban J connectivity index is 1.60. The highest BCUT2D eigenvalue weighted by Crippen LogP contribution is 2.15. The molecule has 0 spiro atoms. The molecule has 2 aromatic rings. The van der Waals surface area contributed by atoms with Crippen LogP contribution in [0, 0.1) is 6.92 Å². The molecule has 1 aliphatic rings. The Morgan fingerprint density at radius 2 is 2.12 bits per heavy atom. The smallest absolute Gasteiger partial charge is 0.240 e. The number of nitrogens with zero attached hydrogens (tertiary/aromatic N) is 3. The van der Waals surface area contributed by atoms with Gasteiger partial charge in [-0.25, -0.2) is 0 Å². The Morgan fingerprint density at radius 3 is 2.79 bits per heavy atom. The molecule has 6 heteroatoms. The third-order valence-electron chi connectivity index (χ3n) is 4.37. The topological polar surface area (TPSA) is 77.4 Å². The van der Waals surface area contributed by atoms with Gasteiger partial charge in [-0.1, -0.05) is 35.0 Å². The van der Waals surface area contributed by atoms with Crippen molar-refractivity contribution in [3.63, 3.8) is 0 Å². The first-order valence-corrected chi connectivity index (χ1v) is 8.64. The summed E-state index contributed by atoms with van der Waals surface area (Å²) in [7, 11) is 0. The second-order valence-electron chi connectivity index (χ2n) is 6.41. The molecule has 0 aliphatic carbocycles. The molecular weight excluding hydrogens is 304 g/mol. The number of aromatic nitrogens is 2. The Labute approximate surface area is 143 Å². The van der Waals surface area contributed by atoms with Crippen molar-refractivity contribution >= 4 is 0 Å². The molecule has 0 amide bonds. The molecule has 130 valence electrons. The van der Waals surface area contributed by atoms with Gasteiger partial charge in [-0.05, 0) is 31.7 Å². The maximum Gasteiger partial charge on any atom is 0.240 e. The summed E-state index contributed by atoms with van der Waals surface area (Å²) in [5, 5.41) is 4.02. The van der Waals surface area contributed by atoms with E-state index in [0.29, 0.717) is 24.4 Å². The van der Waals surface area contributed by atoms with Gasteiger partial charge < -0.3 is 15.0 Å². The zero-order chi connectivity index (χ0) is 16.8. The number of rotatable bonds is 8. The Morgan fingerprint density at radius 1 is 1.29 bits per heavy atom. The van der Waals surface area contributed by atoms with E-state index in [0.717, 1.165) is 39.0 Å². The number of aryl methyl sites for hydroxylation is 1. The molecule has 1 aliphatic heterocycles. The van der Waals surface area contributed by atoms with Gasteiger partial charge in [0.05, 0.1) is 19.2 Å². The third-order valence-corrected chi connectivity index (χ3v) is 4.37. The maximum absolute atomic E-state index is 5.79. The van der Waals surface area contributed by atoms with Gasteiger partial charge in [0.15, 0.2) is 5.82 Å². The van der Waals surface area contributed by atoms with Crippen LogP contribution in [0.1, 0.15) is 35.7 Å². The number of benzene rings is 1. The van der Waals surface area contributed by atoms with Gasteiger partial charge in [-0.2, -0.15) is 4.98 Å². The Hall–Kier alpha value is -1.76. The fraction of sp³-hybridized carbons (Fsp3) is 0.556. The summed E-state index contributed by atoms with van der Waals surface area (Å²) in [6.07, 6.45) is 3.58.